The minimum Gasteiger partial charge on any atom is -0.497 e. The highest BCUT2D eigenvalue weighted by molar-refractivity contribution is 7.80. The molecule has 1 saturated heterocycles. The Bertz CT molecular complexity index is 981. The number of hydrogen-bond donors (Lipinski definition) is 1. The van der Waals surface area contributed by atoms with Crippen LogP contribution in [-0.4, -0.2) is 37.1 Å². The van der Waals surface area contributed by atoms with Crippen molar-refractivity contribution in [3.05, 3.63) is 65.2 Å². The molecule has 0 atom stereocenters. The molecular formula is C20H16N2O5S. The van der Waals surface area contributed by atoms with Crippen LogP contribution in [0.25, 0.3) is 6.08 Å². The molecule has 1 heterocycles. The van der Waals surface area contributed by atoms with Gasteiger partial charge >= 0.3 is 5.97 Å². The van der Waals surface area contributed by atoms with Crippen molar-refractivity contribution in [2.75, 3.05) is 19.1 Å². The Morgan fingerprint density at radius 1 is 1.04 bits per heavy atom. The van der Waals surface area contributed by atoms with Crippen LogP contribution in [0, 0.1) is 0 Å². The molecule has 2 aromatic carbocycles. The minimum absolute atomic E-state index is 0.00152. The van der Waals surface area contributed by atoms with E-state index in [0.717, 1.165) is 0 Å². The summed E-state index contributed by atoms with van der Waals surface area (Å²) in [4.78, 5) is 38.0. The van der Waals surface area contributed by atoms with Gasteiger partial charge in [0.15, 0.2) is 5.11 Å². The van der Waals surface area contributed by atoms with Gasteiger partial charge in [-0.25, -0.2) is 4.79 Å². The Morgan fingerprint density at radius 3 is 2.25 bits per heavy atom. The molecule has 1 aliphatic rings. The van der Waals surface area contributed by atoms with Crippen molar-refractivity contribution in [1.29, 1.82) is 0 Å². The molecule has 0 spiro atoms. The van der Waals surface area contributed by atoms with Gasteiger partial charge in [-0.3, -0.25) is 19.8 Å². The third-order valence-electron chi connectivity index (χ3n) is 4.08. The van der Waals surface area contributed by atoms with E-state index in [2.05, 4.69) is 10.1 Å². The van der Waals surface area contributed by atoms with Gasteiger partial charge in [0.1, 0.15) is 11.3 Å². The van der Waals surface area contributed by atoms with Gasteiger partial charge in [0.25, 0.3) is 11.8 Å². The maximum atomic E-state index is 12.9. The SMILES string of the molecule is COC(=O)c1ccc(/C=C2\C(=O)NC(=S)N(c3ccc(OC)cc3)C2=O)cc1. The molecule has 0 aliphatic carbocycles. The fourth-order valence-corrected chi connectivity index (χ4v) is 2.90. The lowest BCUT2D eigenvalue weighted by atomic mass is 10.1. The highest BCUT2D eigenvalue weighted by atomic mass is 32.1. The number of ether oxygens (including phenoxy) is 2. The van der Waals surface area contributed by atoms with E-state index in [1.54, 1.807) is 48.5 Å². The van der Waals surface area contributed by atoms with Gasteiger partial charge in [-0.15, -0.1) is 0 Å². The topological polar surface area (TPSA) is 84.9 Å². The molecule has 0 bridgehead atoms. The third kappa shape index (κ3) is 3.77. The second kappa shape index (κ2) is 8.01. The maximum Gasteiger partial charge on any atom is 0.337 e. The molecule has 0 radical (unpaired) electrons. The molecule has 2 aromatic rings. The lowest BCUT2D eigenvalue weighted by molar-refractivity contribution is -0.122. The van der Waals surface area contributed by atoms with Crippen molar-refractivity contribution in [3.8, 4) is 5.75 Å². The third-order valence-corrected chi connectivity index (χ3v) is 4.36. The summed E-state index contributed by atoms with van der Waals surface area (Å²) in [5.74, 6) is -0.973. The van der Waals surface area contributed by atoms with E-state index in [4.69, 9.17) is 17.0 Å². The summed E-state index contributed by atoms with van der Waals surface area (Å²) in [6, 6.07) is 13.1. The molecule has 28 heavy (non-hydrogen) atoms. The predicted octanol–water partition coefficient (Wildman–Crippen LogP) is 2.31. The number of nitrogens with one attached hydrogen (secondary N) is 1. The van der Waals surface area contributed by atoms with Crippen molar-refractivity contribution in [2.24, 2.45) is 0 Å². The van der Waals surface area contributed by atoms with Crippen LogP contribution in [-0.2, 0) is 14.3 Å². The summed E-state index contributed by atoms with van der Waals surface area (Å²) in [6.07, 6.45) is 1.44. The molecule has 3 rings (SSSR count). The van der Waals surface area contributed by atoms with Crippen LogP contribution in [0.4, 0.5) is 5.69 Å². The van der Waals surface area contributed by atoms with Gasteiger partial charge in [0.2, 0.25) is 0 Å². The van der Waals surface area contributed by atoms with Crippen LogP contribution < -0.4 is 15.0 Å². The smallest absolute Gasteiger partial charge is 0.337 e. The van der Waals surface area contributed by atoms with E-state index in [0.29, 0.717) is 22.6 Å². The lowest BCUT2D eigenvalue weighted by Crippen LogP contribution is -2.54. The van der Waals surface area contributed by atoms with Crippen molar-refractivity contribution in [2.45, 2.75) is 0 Å². The molecule has 1 fully saturated rings. The molecule has 7 nitrogen and oxygen atoms in total. The van der Waals surface area contributed by atoms with Crippen LogP contribution in [0.15, 0.2) is 54.1 Å². The summed E-state index contributed by atoms with van der Waals surface area (Å²) in [5, 5.41) is 2.52. The highest BCUT2D eigenvalue weighted by Gasteiger charge is 2.34. The first kappa shape index (κ1) is 19.2. The molecule has 142 valence electrons. The number of amides is 2. The van der Waals surface area contributed by atoms with Crippen molar-refractivity contribution < 1.29 is 23.9 Å². The van der Waals surface area contributed by atoms with E-state index in [1.165, 1.54) is 25.2 Å². The first-order valence-electron chi connectivity index (χ1n) is 8.18. The highest BCUT2D eigenvalue weighted by Crippen LogP contribution is 2.24. The molecular weight excluding hydrogens is 380 g/mol. The predicted molar refractivity (Wildman–Crippen MR) is 107 cm³/mol. The summed E-state index contributed by atoms with van der Waals surface area (Å²) < 4.78 is 9.76. The number of esters is 1. The summed E-state index contributed by atoms with van der Waals surface area (Å²) in [5.41, 5.74) is 1.37. The average molecular weight is 396 g/mol. The summed E-state index contributed by atoms with van der Waals surface area (Å²) in [7, 11) is 2.83. The fourth-order valence-electron chi connectivity index (χ4n) is 2.62. The maximum absolute atomic E-state index is 12.9. The first-order chi connectivity index (χ1) is 13.4. The quantitative estimate of drug-likeness (QED) is 0.370. The van der Waals surface area contributed by atoms with E-state index in [1.807, 2.05) is 0 Å². The van der Waals surface area contributed by atoms with Crippen molar-refractivity contribution >= 4 is 46.9 Å². The second-order valence-corrected chi connectivity index (χ2v) is 6.16. The number of hydrogen-bond acceptors (Lipinski definition) is 6. The largest absolute Gasteiger partial charge is 0.497 e. The van der Waals surface area contributed by atoms with Crippen LogP contribution >= 0.6 is 12.2 Å². The standard InChI is InChI=1S/C20H16N2O5S/c1-26-15-9-7-14(8-10-15)22-18(24)16(17(23)21-20(22)28)11-12-3-5-13(6-4-12)19(25)27-2/h3-11H,1-2H3,(H,21,23,28)/b16-11+. The molecule has 8 heteroatoms. The number of rotatable bonds is 4. The Labute approximate surface area is 166 Å². The number of carbonyl (C=O) groups is 3. The Hall–Kier alpha value is -3.52. The minimum atomic E-state index is -0.586. The molecule has 1 aliphatic heterocycles. The summed E-state index contributed by atoms with van der Waals surface area (Å²) in [6.45, 7) is 0. The van der Waals surface area contributed by atoms with Crippen molar-refractivity contribution in [3.63, 3.8) is 0 Å². The Morgan fingerprint density at radius 2 is 1.68 bits per heavy atom. The van der Waals surface area contributed by atoms with Crippen LogP contribution in [0.2, 0.25) is 0 Å². The zero-order valence-corrected chi connectivity index (χ0v) is 15.9. The van der Waals surface area contributed by atoms with Crippen molar-refractivity contribution in [1.82, 2.24) is 5.32 Å². The van der Waals surface area contributed by atoms with Crippen LogP contribution in [0.3, 0.4) is 0 Å². The molecule has 0 unspecified atom stereocenters. The van der Waals surface area contributed by atoms with Gasteiger partial charge in [-0.1, -0.05) is 12.1 Å². The van der Waals surface area contributed by atoms with Gasteiger partial charge in [0, 0.05) is 0 Å². The van der Waals surface area contributed by atoms with E-state index in [9.17, 15) is 14.4 Å². The van der Waals surface area contributed by atoms with Crippen LogP contribution in [0.5, 0.6) is 5.75 Å². The Balaban J connectivity index is 1.92. The van der Waals surface area contributed by atoms with Gasteiger partial charge < -0.3 is 9.47 Å². The number of anilines is 1. The van der Waals surface area contributed by atoms with E-state index in [-0.39, 0.29) is 10.7 Å². The number of thiocarbonyl (C=S) groups is 1. The normalized spacial score (nSPS) is 15.4. The average Bonchev–Trinajstić information content (AvgIpc) is 2.71. The number of methoxy groups -OCH3 is 2. The number of nitrogens with zero attached hydrogens (tertiary/aromatic N) is 1. The number of benzene rings is 2. The number of carbonyl (C=O) groups excluding carboxylic acids is 3. The van der Waals surface area contributed by atoms with Crippen LogP contribution in [0.1, 0.15) is 15.9 Å². The zero-order valence-electron chi connectivity index (χ0n) is 15.1. The van der Waals surface area contributed by atoms with E-state index < -0.39 is 17.8 Å². The zero-order chi connectivity index (χ0) is 20.3. The fraction of sp³-hybridized carbons (Fsp3) is 0.100. The first-order valence-corrected chi connectivity index (χ1v) is 8.59. The summed E-state index contributed by atoms with van der Waals surface area (Å²) >= 11 is 5.16. The Kier molecular flexibility index (Phi) is 5.51. The van der Waals surface area contributed by atoms with Gasteiger partial charge in [-0.2, -0.15) is 0 Å². The molecule has 0 aromatic heterocycles. The van der Waals surface area contributed by atoms with Gasteiger partial charge in [-0.05, 0) is 60.3 Å². The molecule has 2 amide bonds. The second-order valence-electron chi connectivity index (χ2n) is 5.77. The lowest BCUT2D eigenvalue weighted by Gasteiger charge is -2.29. The monoisotopic (exact) mass is 396 g/mol. The molecule has 1 N–H and O–H groups in total. The van der Waals surface area contributed by atoms with E-state index >= 15 is 0 Å². The van der Waals surface area contributed by atoms with Gasteiger partial charge in [0.05, 0.1) is 25.5 Å². The molecule has 0 saturated carbocycles.